The number of nitrogens with one attached hydrogen (secondary N) is 2. The van der Waals surface area contributed by atoms with E-state index in [9.17, 15) is 18.0 Å². The zero-order valence-corrected chi connectivity index (χ0v) is 28.0. The second kappa shape index (κ2) is 16.9. The van der Waals surface area contributed by atoms with Crippen LogP contribution in [-0.2, 0) is 12.6 Å². The van der Waals surface area contributed by atoms with E-state index in [2.05, 4.69) is 64.4 Å². The third kappa shape index (κ3) is 9.21. The number of unbranched alkanes of at least 4 members (excludes halogenated alkanes) is 6. The predicted octanol–water partition coefficient (Wildman–Crippen LogP) is 9.77. The lowest BCUT2D eigenvalue weighted by Crippen LogP contribution is -2.13. The number of carboxylic acid groups (broad SMARTS) is 1. The summed E-state index contributed by atoms with van der Waals surface area (Å²) in [6.07, 6.45) is 10.2. The molecule has 0 fully saturated rings. The van der Waals surface area contributed by atoms with E-state index in [1.165, 1.54) is 62.0 Å². The smallest absolute Gasteiger partial charge is 0.433 e. The molecule has 5 aromatic heterocycles. The predicted molar refractivity (Wildman–Crippen MR) is 184 cm³/mol. The van der Waals surface area contributed by atoms with Crippen molar-refractivity contribution >= 4 is 22.7 Å². The maximum Gasteiger partial charge on any atom is 0.433 e. The minimum Gasteiger partial charge on any atom is -0.476 e. The highest BCUT2D eigenvalue weighted by Crippen LogP contribution is 2.31. The highest BCUT2D eigenvalue weighted by molar-refractivity contribution is 5.91. The Morgan fingerprint density at radius 2 is 1.78 bits per heavy atom. The number of nitrogens with zero attached hydrogens (tertiary/aromatic N) is 4. The summed E-state index contributed by atoms with van der Waals surface area (Å²) in [5, 5.41) is 18.3. The molecule has 13 heteroatoms. The summed E-state index contributed by atoms with van der Waals surface area (Å²) in [7, 11) is 0. The number of benzene rings is 1. The summed E-state index contributed by atoms with van der Waals surface area (Å²) in [6, 6.07) is 17.8. The van der Waals surface area contributed by atoms with Crippen molar-refractivity contribution in [3.05, 3.63) is 108 Å². The normalized spacial score (nSPS) is 12.1. The Morgan fingerprint density at radius 1 is 0.980 bits per heavy atom. The fraction of sp³-hybridized carbons (Fsp3) is 0.351. The number of pyridine rings is 1. The maximum atomic E-state index is 12.4. The van der Waals surface area contributed by atoms with Crippen LogP contribution in [0.2, 0.25) is 0 Å². The first kappa shape index (κ1) is 36.0. The molecule has 1 unspecified atom stereocenters. The lowest BCUT2D eigenvalue weighted by atomic mass is 10.1. The van der Waals surface area contributed by atoms with Gasteiger partial charge in [0, 0.05) is 35.4 Å². The number of carbonyl (C=O) groups is 1. The van der Waals surface area contributed by atoms with Crippen LogP contribution in [0.5, 0.6) is 0 Å². The van der Waals surface area contributed by atoms with Gasteiger partial charge in [0.1, 0.15) is 29.0 Å². The molecular weight excluding hydrogens is 649 g/mol. The molecule has 0 radical (unpaired) electrons. The number of aromatic carboxylic acids is 1. The van der Waals surface area contributed by atoms with Gasteiger partial charge in [0.2, 0.25) is 0 Å². The molecule has 6 rings (SSSR count). The molecule has 6 aromatic rings. The van der Waals surface area contributed by atoms with E-state index >= 15 is 0 Å². The van der Waals surface area contributed by atoms with E-state index in [-0.39, 0.29) is 17.5 Å². The minimum atomic E-state index is -4.61. The molecule has 0 saturated heterocycles. The molecule has 50 heavy (non-hydrogen) atoms. The lowest BCUT2D eigenvalue weighted by molar-refractivity contribution is -0.141. The van der Waals surface area contributed by atoms with Crippen LogP contribution < -0.4 is 5.32 Å². The van der Waals surface area contributed by atoms with Gasteiger partial charge in [-0.05, 0) is 60.9 Å². The number of alkyl halides is 3. The Kier molecular flexibility index (Phi) is 12.1. The number of fused-ring (bicyclic) bond motifs is 1. The number of aryl methyl sites for hydroxylation is 1. The fourth-order valence-electron chi connectivity index (χ4n) is 5.62. The van der Waals surface area contributed by atoms with Gasteiger partial charge in [0.15, 0.2) is 17.8 Å². The molecule has 0 aliphatic carbocycles. The summed E-state index contributed by atoms with van der Waals surface area (Å²) < 4.78 is 49.9. The molecule has 0 amide bonds. The number of anilines is 1. The largest absolute Gasteiger partial charge is 0.476 e. The summed E-state index contributed by atoms with van der Waals surface area (Å²) in [6.45, 7) is 5.41. The quantitative estimate of drug-likeness (QED) is 0.0907. The van der Waals surface area contributed by atoms with Crippen LogP contribution >= 0.6 is 0 Å². The minimum absolute atomic E-state index is 0.128. The second-order valence-corrected chi connectivity index (χ2v) is 11.9. The topological polar surface area (TPSA) is 135 Å². The molecule has 0 spiro atoms. The summed E-state index contributed by atoms with van der Waals surface area (Å²) in [5.74, 6) is 0.0671. The van der Waals surface area contributed by atoms with Crippen molar-refractivity contribution in [2.75, 3.05) is 11.9 Å². The number of aromatic nitrogens is 5. The molecule has 5 heterocycles. The molecular formula is C37H41F3N6O4. The van der Waals surface area contributed by atoms with Crippen LogP contribution in [0, 0.1) is 0 Å². The SMILES string of the molecule is CCCCCCCCCNc1ccn(C(c2cc3cc(CC)ccc3[nH]2)c2ccco2)n1.O=C(O)c1ncoc1-c1cccc(C(F)(F)F)n1. The molecule has 0 bridgehead atoms. The molecule has 0 saturated carbocycles. The summed E-state index contributed by atoms with van der Waals surface area (Å²) in [4.78, 5) is 21.1. The van der Waals surface area contributed by atoms with E-state index in [1.54, 1.807) is 6.26 Å². The number of aromatic amines is 1. The Bertz CT molecular complexity index is 1940. The number of halogens is 3. The number of H-pyrrole nitrogens is 1. The second-order valence-electron chi connectivity index (χ2n) is 11.9. The zero-order valence-electron chi connectivity index (χ0n) is 28.0. The average molecular weight is 691 g/mol. The monoisotopic (exact) mass is 690 g/mol. The number of carboxylic acids is 1. The first-order valence-electron chi connectivity index (χ1n) is 16.8. The summed E-state index contributed by atoms with van der Waals surface area (Å²) in [5.41, 5.74) is 1.70. The lowest BCUT2D eigenvalue weighted by Gasteiger charge is -2.14. The van der Waals surface area contributed by atoms with Crippen molar-refractivity contribution in [2.45, 2.75) is 77.4 Å². The van der Waals surface area contributed by atoms with Crippen molar-refractivity contribution in [1.82, 2.24) is 24.7 Å². The van der Waals surface area contributed by atoms with Gasteiger partial charge in [-0.25, -0.2) is 14.8 Å². The van der Waals surface area contributed by atoms with Crippen LogP contribution in [0.4, 0.5) is 19.0 Å². The van der Waals surface area contributed by atoms with Crippen LogP contribution in [0.1, 0.15) is 98.0 Å². The molecule has 10 nitrogen and oxygen atoms in total. The molecule has 0 aliphatic rings. The molecule has 0 aliphatic heterocycles. The van der Waals surface area contributed by atoms with Crippen LogP contribution in [0.25, 0.3) is 22.4 Å². The average Bonchev–Trinajstić information content (AvgIpc) is 3.94. The van der Waals surface area contributed by atoms with Crippen molar-refractivity contribution in [1.29, 1.82) is 0 Å². The number of rotatable bonds is 15. The number of oxazole rings is 1. The molecule has 1 atom stereocenters. The van der Waals surface area contributed by atoms with Gasteiger partial charge in [0.25, 0.3) is 0 Å². The van der Waals surface area contributed by atoms with Gasteiger partial charge in [-0.15, -0.1) is 0 Å². The first-order chi connectivity index (χ1) is 24.2. The van der Waals surface area contributed by atoms with E-state index in [4.69, 9.17) is 19.0 Å². The van der Waals surface area contributed by atoms with E-state index in [0.717, 1.165) is 54.3 Å². The van der Waals surface area contributed by atoms with Gasteiger partial charge >= 0.3 is 12.1 Å². The fourth-order valence-corrected chi connectivity index (χ4v) is 5.62. The van der Waals surface area contributed by atoms with Gasteiger partial charge < -0.3 is 24.2 Å². The van der Waals surface area contributed by atoms with Crippen LogP contribution in [0.15, 0.2) is 88.4 Å². The highest BCUT2D eigenvalue weighted by Gasteiger charge is 2.33. The molecule has 1 aromatic carbocycles. The van der Waals surface area contributed by atoms with Gasteiger partial charge in [0.05, 0.1) is 6.26 Å². The third-order valence-corrected chi connectivity index (χ3v) is 8.22. The van der Waals surface area contributed by atoms with E-state index in [0.29, 0.717) is 0 Å². The van der Waals surface area contributed by atoms with Gasteiger partial charge in [-0.1, -0.05) is 64.5 Å². The van der Waals surface area contributed by atoms with Crippen molar-refractivity contribution in [3.8, 4) is 11.5 Å². The number of hydrogen-bond acceptors (Lipinski definition) is 7. The standard InChI is InChI=1S/C27H36N4O.C10H5F3N2O3/c1-3-5-6-7-8-9-10-16-28-26-15-17-31(30-26)27(25-12-11-18-32-25)24-20-22-19-21(4-2)13-14-23(22)29-24;11-10(12,13)6-3-1-2-5(15-6)8-7(9(16)17)14-4-18-8/h11-15,17-20,27,29H,3-10,16H2,1-2H3,(H,28,30);1-4H,(H,16,17). The highest BCUT2D eigenvalue weighted by atomic mass is 19.4. The third-order valence-electron chi connectivity index (χ3n) is 8.22. The Hall–Kier alpha value is -5.33. The Labute approximate surface area is 287 Å². The zero-order chi connectivity index (χ0) is 35.5. The Morgan fingerprint density at radius 3 is 2.50 bits per heavy atom. The van der Waals surface area contributed by atoms with Gasteiger partial charge in [-0.2, -0.15) is 18.3 Å². The van der Waals surface area contributed by atoms with E-state index < -0.39 is 23.5 Å². The van der Waals surface area contributed by atoms with Crippen molar-refractivity contribution < 1.29 is 31.9 Å². The molecule has 264 valence electrons. The van der Waals surface area contributed by atoms with Crippen molar-refractivity contribution in [2.24, 2.45) is 0 Å². The first-order valence-corrected chi connectivity index (χ1v) is 16.8. The molecule has 3 N–H and O–H groups in total. The van der Waals surface area contributed by atoms with E-state index in [1.807, 2.05) is 23.0 Å². The number of furan rings is 1. The maximum absolute atomic E-state index is 12.4. The van der Waals surface area contributed by atoms with Crippen molar-refractivity contribution in [3.63, 3.8) is 0 Å². The number of hydrogen-bond donors (Lipinski definition) is 3. The van der Waals surface area contributed by atoms with Gasteiger partial charge in [-0.3, -0.25) is 4.68 Å². The summed E-state index contributed by atoms with van der Waals surface area (Å²) >= 11 is 0. The van der Waals surface area contributed by atoms with Crippen LogP contribution in [0.3, 0.4) is 0 Å². The van der Waals surface area contributed by atoms with Crippen LogP contribution in [-0.4, -0.2) is 42.4 Å². The Balaban J connectivity index is 0.000000228.